The van der Waals surface area contributed by atoms with Crippen molar-refractivity contribution in [3.8, 4) is 0 Å². The highest BCUT2D eigenvalue weighted by molar-refractivity contribution is 5.87. The summed E-state index contributed by atoms with van der Waals surface area (Å²) in [5.74, 6) is 1.14. The molecule has 78 valence electrons. The Morgan fingerprint density at radius 3 is 3.13 bits per heavy atom. The van der Waals surface area contributed by atoms with Crippen LogP contribution in [0, 0.1) is 0 Å². The van der Waals surface area contributed by atoms with Gasteiger partial charge in [0.25, 0.3) is 0 Å². The van der Waals surface area contributed by atoms with Gasteiger partial charge in [-0.25, -0.2) is 4.99 Å². The van der Waals surface area contributed by atoms with Crippen LogP contribution in [0.3, 0.4) is 0 Å². The lowest BCUT2D eigenvalue weighted by atomic mass is 10.0. The van der Waals surface area contributed by atoms with Gasteiger partial charge in [-0.2, -0.15) is 0 Å². The summed E-state index contributed by atoms with van der Waals surface area (Å²) < 4.78 is 0. The largest absolute Gasteiger partial charge is 0.391 e. The highest BCUT2D eigenvalue weighted by atomic mass is 16.3. The van der Waals surface area contributed by atoms with E-state index in [0.717, 1.165) is 37.5 Å². The average Bonchev–Trinajstić information content (AvgIpc) is 2.26. The van der Waals surface area contributed by atoms with Crippen molar-refractivity contribution >= 4 is 11.5 Å². The molecule has 2 aliphatic heterocycles. The predicted molar refractivity (Wildman–Crippen MR) is 59.2 cm³/mol. The third-order valence-electron chi connectivity index (χ3n) is 3.10. The van der Waals surface area contributed by atoms with Gasteiger partial charge >= 0.3 is 0 Å². The molecule has 1 N–H and O–H groups in total. The van der Waals surface area contributed by atoms with Crippen LogP contribution >= 0.6 is 0 Å². The van der Waals surface area contributed by atoms with Crippen LogP contribution in [0.5, 0.6) is 0 Å². The molecule has 0 radical (unpaired) electrons. The number of piperidine rings is 1. The summed E-state index contributed by atoms with van der Waals surface area (Å²) in [6, 6.07) is 8.23. The SMILES string of the molecule is OC1CCC2=Nc3ccccc3CN2C1. The van der Waals surface area contributed by atoms with Crippen LogP contribution < -0.4 is 0 Å². The maximum Gasteiger partial charge on any atom is 0.105 e. The van der Waals surface area contributed by atoms with Crippen LogP contribution in [0.15, 0.2) is 29.3 Å². The molecule has 0 bridgehead atoms. The van der Waals surface area contributed by atoms with Crippen molar-refractivity contribution in [2.24, 2.45) is 4.99 Å². The number of benzene rings is 1. The number of rotatable bonds is 0. The summed E-state index contributed by atoms with van der Waals surface area (Å²) in [6.07, 6.45) is 1.56. The van der Waals surface area contributed by atoms with E-state index in [2.05, 4.69) is 22.0 Å². The fourth-order valence-electron chi connectivity index (χ4n) is 2.29. The number of hydrogen-bond donors (Lipinski definition) is 1. The predicted octanol–water partition coefficient (Wildman–Crippen LogP) is 1.69. The lowest BCUT2D eigenvalue weighted by Crippen LogP contribution is -2.43. The van der Waals surface area contributed by atoms with Gasteiger partial charge < -0.3 is 10.0 Å². The smallest absolute Gasteiger partial charge is 0.105 e. The Hall–Kier alpha value is -1.35. The van der Waals surface area contributed by atoms with Crippen LogP contribution in [0.25, 0.3) is 0 Å². The highest BCUT2D eigenvalue weighted by Crippen LogP contribution is 2.29. The monoisotopic (exact) mass is 202 g/mol. The van der Waals surface area contributed by atoms with Gasteiger partial charge in [-0.05, 0) is 18.1 Å². The molecule has 1 aromatic carbocycles. The zero-order chi connectivity index (χ0) is 10.3. The number of aliphatic hydroxyl groups excluding tert-OH is 1. The fourth-order valence-corrected chi connectivity index (χ4v) is 2.29. The molecule has 2 heterocycles. The molecular formula is C12H14N2O. The Bertz CT molecular complexity index is 414. The van der Waals surface area contributed by atoms with Crippen molar-refractivity contribution in [1.29, 1.82) is 0 Å². The molecule has 2 aliphatic rings. The van der Waals surface area contributed by atoms with Crippen LogP contribution in [0.1, 0.15) is 18.4 Å². The van der Waals surface area contributed by atoms with E-state index in [9.17, 15) is 5.11 Å². The molecular weight excluding hydrogens is 188 g/mol. The number of aliphatic hydroxyl groups is 1. The molecule has 0 amide bonds. The molecule has 1 atom stereocenters. The number of amidine groups is 1. The number of fused-ring (bicyclic) bond motifs is 2. The Morgan fingerprint density at radius 2 is 2.20 bits per heavy atom. The molecule has 15 heavy (non-hydrogen) atoms. The van der Waals surface area contributed by atoms with E-state index in [1.807, 2.05) is 12.1 Å². The summed E-state index contributed by atoms with van der Waals surface area (Å²) in [5, 5.41) is 9.60. The minimum Gasteiger partial charge on any atom is -0.391 e. The van der Waals surface area contributed by atoms with E-state index in [1.54, 1.807) is 0 Å². The zero-order valence-corrected chi connectivity index (χ0v) is 8.56. The zero-order valence-electron chi connectivity index (χ0n) is 8.56. The second-order valence-electron chi connectivity index (χ2n) is 4.23. The van der Waals surface area contributed by atoms with Crippen molar-refractivity contribution in [3.63, 3.8) is 0 Å². The standard InChI is InChI=1S/C12H14N2O/c15-10-5-6-12-13-11-4-2-1-3-9(11)7-14(12)8-10/h1-4,10,15H,5-8H2. The lowest BCUT2D eigenvalue weighted by molar-refractivity contribution is 0.116. The topological polar surface area (TPSA) is 35.8 Å². The Balaban J connectivity index is 1.97. The first-order valence-corrected chi connectivity index (χ1v) is 5.41. The molecule has 3 nitrogen and oxygen atoms in total. The van der Waals surface area contributed by atoms with Gasteiger partial charge in [-0.15, -0.1) is 0 Å². The molecule has 3 rings (SSSR count). The quantitative estimate of drug-likeness (QED) is 0.695. The van der Waals surface area contributed by atoms with E-state index in [4.69, 9.17) is 0 Å². The normalized spacial score (nSPS) is 24.2. The van der Waals surface area contributed by atoms with Crippen molar-refractivity contribution in [3.05, 3.63) is 29.8 Å². The average molecular weight is 202 g/mol. The first kappa shape index (κ1) is 8.92. The highest BCUT2D eigenvalue weighted by Gasteiger charge is 2.26. The molecule has 0 aromatic heterocycles. The van der Waals surface area contributed by atoms with Crippen molar-refractivity contribution < 1.29 is 5.11 Å². The number of para-hydroxylation sites is 1. The van der Waals surface area contributed by atoms with E-state index < -0.39 is 0 Å². The van der Waals surface area contributed by atoms with Crippen LogP contribution in [-0.2, 0) is 6.54 Å². The molecule has 0 saturated carbocycles. The third-order valence-corrected chi connectivity index (χ3v) is 3.10. The first-order chi connectivity index (χ1) is 7.33. The van der Waals surface area contributed by atoms with Crippen LogP contribution in [0.4, 0.5) is 5.69 Å². The van der Waals surface area contributed by atoms with Crippen molar-refractivity contribution in [2.45, 2.75) is 25.5 Å². The van der Waals surface area contributed by atoms with Gasteiger partial charge in [0.2, 0.25) is 0 Å². The second kappa shape index (κ2) is 3.35. The molecule has 0 aliphatic carbocycles. The molecule has 3 heteroatoms. The maximum atomic E-state index is 9.60. The molecule has 1 unspecified atom stereocenters. The molecule has 1 aromatic rings. The van der Waals surface area contributed by atoms with Gasteiger partial charge in [-0.1, -0.05) is 18.2 Å². The van der Waals surface area contributed by atoms with Gasteiger partial charge in [0.15, 0.2) is 0 Å². The maximum absolute atomic E-state index is 9.60. The van der Waals surface area contributed by atoms with E-state index in [-0.39, 0.29) is 6.10 Å². The van der Waals surface area contributed by atoms with Crippen molar-refractivity contribution in [2.75, 3.05) is 6.54 Å². The van der Waals surface area contributed by atoms with Crippen molar-refractivity contribution in [1.82, 2.24) is 4.90 Å². The fraction of sp³-hybridized carbons (Fsp3) is 0.417. The minimum absolute atomic E-state index is 0.186. The van der Waals surface area contributed by atoms with Crippen LogP contribution in [0.2, 0.25) is 0 Å². The van der Waals surface area contributed by atoms with E-state index in [0.29, 0.717) is 0 Å². The summed E-state index contributed by atoms with van der Waals surface area (Å²) in [7, 11) is 0. The summed E-state index contributed by atoms with van der Waals surface area (Å²) in [5.41, 5.74) is 2.36. The Labute approximate surface area is 89.1 Å². The van der Waals surface area contributed by atoms with Gasteiger partial charge in [0.05, 0.1) is 11.8 Å². The lowest BCUT2D eigenvalue weighted by Gasteiger charge is -2.36. The molecule has 1 saturated heterocycles. The summed E-state index contributed by atoms with van der Waals surface area (Å²) in [6.45, 7) is 1.62. The van der Waals surface area contributed by atoms with Crippen LogP contribution in [-0.4, -0.2) is 28.5 Å². The van der Waals surface area contributed by atoms with E-state index >= 15 is 0 Å². The summed E-state index contributed by atoms with van der Waals surface area (Å²) in [4.78, 5) is 6.82. The van der Waals surface area contributed by atoms with Gasteiger partial charge in [-0.3, -0.25) is 0 Å². The molecule has 0 spiro atoms. The number of hydrogen-bond acceptors (Lipinski definition) is 3. The van der Waals surface area contributed by atoms with Gasteiger partial charge in [0, 0.05) is 19.5 Å². The Kier molecular flexibility index (Phi) is 1.99. The minimum atomic E-state index is -0.186. The second-order valence-corrected chi connectivity index (χ2v) is 4.23. The number of aliphatic imine (C=N–C) groups is 1. The first-order valence-electron chi connectivity index (χ1n) is 5.41. The third kappa shape index (κ3) is 1.53. The van der Waals surface area contributed by atoms with E-state index in [1.165, 1.54) is 5.56 Å². The number of nitrogens with zero attached hydrogens (tertiary/aromatic N) is 2. The molecule has 1 fully saturated rings. The Morgan fingerprint density at radius 1 is 1.33 bits per heavy atom. The van der Waals surface area contributed by atoms with Gasteiger partial charge in [0.1, 0.15) is 5.84 Å². The summed E-state index contributed by atoms with van der Waals surface area (Å²) >= 11 is 0.